The molecule has 1 spiro atoms. The highest BCUT2D eigenvalue weighted by Gasteiger charge is 2.45. The van der Waals surface area contributed by atoms with Crippen LogP contribution in [0.5, 0.6) is 0 Å². The number of nitrogens with one attached hydrogen (secondary N) is 1. The molecule has 0 aromatic heterocycles. The van der Waals surface area contributed by atoms with Crippen LogP contribution in [0.25, 0.3) is 0 Å². The average molecular weight is 198 g/mol. The third-order valence-corrected chi connectivity index (χ3v) is 3.76. The summed E-state index contributed by atoms with van der Waals surface area (Å²) in [7, 11) is 0. The average Bonchev–Trinajstić information content (AvgIpc) is 2.47. The molecule has 3 nitrogen and oxygen atoms in total. The summed E-state index contributed by atoms with van der Waals surface area (Å²) in [6, 6.07) is 1.13. The van der Waals surface area contributed by atoms with E-state index in [0.717, 1.165) is 6.61 Å². The lowest BCUT2D eigenvalue weighted by atomic mass is 9.77. The van der Waals surface area contributed by atoms with Crippen molar-refractivity contribution in [3.05, 3.63) is 0 Å². The van der Waals surface area contributed by atoms with E-state index in [0.29, 0.717) is 12.1 Å². The van der Waals surface area contributed by atoms with Crippen molar-refractivity contribution in [2.75, 3.05) is 6.61 Å². The first-order valence-electron chi connectivity index (χ1n) is 5.77. The maximum absolute atomic E-state index is 5.87. The minimum atomic E-state index is 0.216. The van der Waals surface area contributed by atoms with E-state index in [4.69, 9.17) is 10.5 Å². The molecule has 3 N–H and O–H groups in total. The Balaban J connectivity index is 1.78. The first kappa shape index (κ1) is 10.4. The van der Waals surface area contributed by atoms with Crippen LogP contribution in [0.15, 0.2) is 0 Å². The van der Waals surface area contributed by atoms with Gasteiger partial charge in [0.15, 0.2) is 0 Å². The van der Waals surface area contributed by atoms with Crippen molar-refractivity contribution in [1.29, 1.82) is 0 Å². The van der Waals surface area contributed by atoms with Gasteiger partial charge in [0.2, 0.25) is 0 Å². The fourth-order valence-corrected chi connectivity index (χ4v) is 2.39. The highest BCUT2D eigenvalue weighted by molar-refractivity contribution is 4.98. The summed E-state index contributed by atoms with van der Waals surface area (Å²) in [6.45, 7) is 5.07. The molecule has 14 heavy (non-hydrogen) atoms. The van der Waals surface area contributed by atoms with Crippen molar-refractivity contribution in [3.63, 3.8) is 0 Å². The van der Waals surface area contributed by atoms with Crippen molar-refractivity contribution in [2.45, 2.75) is 63.3 Å². The van der Waals surface area contributed by atoms with Gasteiger partial charge >= 0.3 is 0 Å². The first-order valence-corrected chi connectivity index (χ1v) is 5.77. The zero-order valence-corrected chi connectivity index (χ0v) is 9.25. The SMILES string of the molecule is CC(N)C(C)NC1COC2(CCC2)C1. The Kier molecular flexibility index (Phi) is 2.82. The summed E-state index contributed by atoms with van der Waals surface area (Å²) in [6.07, 6.45) is 5.05. The number of ether oxygens (including phenoxy) is 1. The smallest absolute Gasteiger partial charge is 0.0699 e. The zero-order chi connectivity index (χ0) is 10.2. The Morgan fingerprint density at radius 2 is 2.14 bits per heavy atom. The van der Waals surface area contributed by atoms with Gasteiger partial charge in [0, 0.05) is 18.1 Å². The summed E-state index contributed by atoms with van der Waals surface area (Å²) >= 11 is 0. The molecule has 0 aromatic carbocycles. The van der Waals surface area contributed by atoms with Crippen molar-refractivity contribution >= 4 is 0 Å². The van der Waals surface area contributed by atoms with E-state index >= 15 is 0 Å². The zero-order valence-electron chi connectivity index (χ0n) is 9.25. The molecule has 2 fully saturated rings. The van der Waals surface area contributed by atoms with Crippen LogP contribution in [0.3, 0.4) is 0 Å². The molecule has 1 aliphatic carbocycles. The summed E-state index contributed by atoms with van der Waals surface area (Å²) in [5.74, 6) is 0. The Morgan fingerprint density at radius 3 is 2.57 bits per heavy atom. The lowest BCUT2D eigenvalue weighted by Gasteiger charge is -2.37. The number of hydrogen-bond donors (Lipinski definition) is 2. The van der Waals surface area contributed by atoms with Crippen LogP contribution in [0.2, 0.25) is 0 Å². The Hall–Kier alpha value is -0.120. The second-order valence-electron chi connectivity index (χ2n) is 5.06. The summed E-state index contributed by atoms with van der Waals surface area (Å²) in [5.41, 5.74) is 6.08. The van der Waals surface area contributed by atoms with Gasteiger partial charge in [0.25, 0.3) is 0 Å². The molecule has 0 aromatic rings. The van der Waals surface area contributed by atoms with E-state index in [-0.39, 0.29) is 11.6 Å². The molecule has 1 aliphatic heterocycles. The third-order valence-electron chi connectivity index (χ3n) is 3.76. The van der Waals surface area contributed by atoms with Crippen LogP contribution < -0.4 is 11.1 Å². The molecule has 2 aliphatic rings. The fourth-order valence-electron chi connectivity index (χ4n) is 2.39. The van der Waals surface area contributed by atoms with Crippen LogP contribution in [-0.2, 0) is 4.74 Å². The lowest BCUT2D eigenvalue weighted by molar-refractivity contribution is -0.0563. The molecule has 3 unspecified atom stereocenters. The normalized spacial score (nSPS) is 34.1. The Labute approximate surface area is 86.4 Å². The van der Waals surface area contributed by atoms with Gasteiger partial charge in [0.05, 0.1) is 12.2 Å². The Morgan fingerprint density at radius 1 is 1.43 bits per heavy atom. The number of nitrogens with two attached hydrogens (primary N) is 1. The van der Waals surface area contributed by atoms with Crippen molar-refractivity contribution < 1.29 is 4.74 Å². The van der Waals surface area contributed by atoms with E-state index in [9.17, 15) is 0 Å². The maximum Gasteiger partial charge on any atom is 0.0699 e. The minimum Gasteiger partial charge on any atom is -0.373 e. The molecule has 82 valence electrons. The second kappa shape index (κ2) is 3.80. The van der Waals surface area contributed by atoms with Gasteiger partial charge in [-0.2, -0.15) is 0 Å². The monoisotopic (exact) mass is 198 g/mol. The predicted octanol–water partition coefficient (Wildman–Crippen LogP) is 1.02. The van der Waals surface area contributed by atoms with Crippen LogP contribution in [-0.4, -0.2) is 30.3 Å². The molecular formula is C11H22N2O. The molecular weight excluding hydrogens is 176 g/mol. The Bertz CT molecular complexity index is 201. The van der Waals surface area contributed by atoms with Gasteiger partial charge < -0.3 is 15.8 Å². The summed E-state index contributed by atoms with van der Waals surface area (Å²) in [5, 5.41) is 3.55. The second-order valence-corrected chi connectivity index (χ2v) is 5.06. The van der Waals surface area contributed by atoms with Crippen molar-refractivity contribution in [1.82, 2.24) is 5.32 Å². The molecule has 0 radical (unpaired) electrons. The number of hydrogen-bond acceptors (Lipinski definition) is 3. The molecule has 3 heteroatoms. The molecule has 1 saturated carbocycles. The molecule has 3 atom stereocenters. The predicted molar refractivity (Wildman–Crippen MR) is 57.2 cm³/mol. The quantitative estimate of drug-likeness (QED) is 0.712. The third kappa shape index (κ3) is 1.95. The molecule has 0 bridgehead atoms. The molecule has 1 heterocycles. The summed E-state index contributed by atoms with van der Waals surface area (Å²) < 4.78 is 5.87. The molecule has 2 rings (SSSR count). The van der Waals surface area contributed by atoms with Crippen LogP contribution >= 0.6 is 0 Å². The van der Waals surface area contributed by atoms with Gasteiger partial charge in [-0.1, -0.05) is 0 Å². The topological polar surface area (TPSA) is 47.3 Å². The highest BCUT2D eigenvalue weighted by Crippen LogP contribution is 2.43. The van der Waals surface area contributed by atoms with E-state index in [1.807, 2.05) is 6.92 Å². The van der Waals surface area contributed by atoms with E-state index < -0.39 is 0 Å². The number of rotatable bonds is 3. The van der Waals surface area contributed by atoms with E-state index in [1.54, 1.807) is 0 Å². The maximum atomic E-state index is 5.87. The highest BCUT2D eigenvalue weighted by atomic mass is 16.5. The van der Waals surface area contributed by atoms with Crippen LogP contribution in [0.4, 0.5) is 0 Å². The largest absolute Gasteiger partial charge is 0.373 e. The lowest BCUT2D eigenvalue weighted by Crippen LogP contribution is -2.47. The molecule has 1 saturated heterocycles. The van der Waals surface area contributed by atoms with Gasteiger partial charge in [-0.05, 0) is 39.5 Å². The van der Waals surface area contributed by atoms with Gasteiger partial charge in [-0.25, -0.2) is 0 Å². The van der Waals surface area contributed by atoms with Gasteiger partial charge in [-0.3, -0.25) is 0 Å². The first-order chi connectivity index (χ1) is 6.61. The van der Waals surface area contributed by atoms with Gasteiger partial charge in [-0.15, -0.1) is 0 Å². The van der Waals surface area contributed by atoms with Crippen molar-refractivity contribution in [3.8, 4) is 0 Å². The fraction of sp³-hybridized carbons (Fsp3) is 1.00. The standard InChI is InChI=1S/C11H22N2O/c1-8(12)9(2)13-10-6-11(14-7-10)4-3-5-11/h8-10,13H,3-7,12H2,1-2H3. The van der Waals surface area contributed by atoms with E-state index in [2.05, 4.69) is 12.2 Å². The van der Waals surface area contributed by atoms with Crippen LogP contribution in [0.1, 0.15) is 39.5 Å². The summed E-state index contributed by atoms with van der Waals surface area (Å²) in [4.78, 5) is 0. The minimum absolute atomic E-state index is 0.216. The van der Waals surface area contributed by atoms with Crippen molar-refractivity contribution in [2.24, 2.45) is 5.73 Å². The van der Waals surface area contributed by atoms with Gasteiger partial charge in [0.1, 0.15) is 0 Å². The molecule has 0 amide bonds. The van der Waals surface area contributed by atoms with Crippen LogP contribution in [0, 0.1) is 0 Å². The van der Waals surface area contributed by atoms with E-state index in [1.165, 1.54) is 25.7 Å².